The van der Waals surface area contributed by atoms with Crippen LogP contribution in [0.4, 0.5) is 16.0 Å². The Morgan fingerprint density at radius 3 is 2.52 bits per heavy atom. The van der Waals surface area contributed by atoms with Crippen LogP contribution in [0.3, 0.4) is 0 Å². The maximum absolute atomic E-state index is 13.4. The molecule has 0 unspecified atom stereocenters. The van der Waals surface area contributed by atoms with Gasteiger partial charge in [-0.3, -0.25) is 0 Å². The lowest BCUT2D eigenvalue weighted by Gasteiger charge is -2.16. The fourth-order valence-electron chi connectivity index (χ4n) is 3.28. The van der Waals surface area contributed by atoms with E-state index in [9.17, 15) is 4.39 Å². The van der Waals surface area contributed by atoms with Gasteiger partial charge in [-0.15, -0.1) is 0 Å². The van der Waals surface area contributed by atoms with Crippen LogP contribution in [0.5, 0.6) is 5.75 Å². The van der Waals surface area contributed by atoms with Gasteiger partial charge in [0.1, 0.15) is 40.6 Å². The second-order valence-electron chi connectivity index (χ2n) is 6.90. The number of aryl methyl sites for hydroxylation is 1. The molecule has 0 fully saturated rings. The molecule has 4 aromatic rings. The number of fused-ring (bicyclic) bond motifs is 1. The number of halogens is 1. The van der Waals surface area contributed by atoms with E-state index in [-0.39, 0.29) is 11.9 Å². The van der Waals surface area contributed by atoms with Crippen molar-refractivity contribution in [3.05, 3.63) is 60.2 Å². The van der Waals surface area contributed by atoms with Crippen molar-refractivity contribution in [3.8, 4) is 17.0 Å². The number of hydrogen-bond donors (Lipinski definition) is 2. The SMILES string of the molecule is Cc1nc2ccc(-c3cc(N)nc(N)c3)nc2n1C[C@H](C)Oc1cccc(F)c1. The Kier molecular flexibility index (Phi) is 4.75. The van der Waals surface area contributed by atoms with Crippen LogP contribution in [-0.2, 0) is 6.54 Å². The Morgan fingerprint density at radius 1 is 1.03 bits per heavy atom. The summed E-state index contributed by atoms with van der Waals surface area (Å²) < 4.78 is 21.2. The van der Waals surface area contributed by atoms with Crippen molar-refractivity contribution in [1.29, 1.82) is 0 Å². The summed E-state index contributed by atoms with van der Waals surface area (Å²) in [6.07, 6.45) is -0.217. The fraction of sp³-hybridized carbons (Fsp3) is 0.190. The molecule has 8 heteroatoms. The number of ether oxygens (including phenoxy) is 1. The fourth-order valence-corrected chi connectivity index (χ4v) is 3.28. The number of imidazole rings is 1. The number of hydrogen-bond acceptors (Lipinski definition) is 6. The minimum Gasteiger partial charge on any atom is -0.489 e. The summed E-state index contributed by atoms with van der Waals surface area (Å²) in [5.74, 6) is 1.64. The molecule has 0 aliphatic carbocycles. The first-order chi connectivity index (χ1) is 13.9. The van der Waals surface area contributed by atoms with Crippen molar-refractivity contribution in [3.63, 3.8) is 0 Å². The molecule has 3 heterocycles. The van der Waals surface area contributed by atoms with Gasteiger partial charge in [0.15, 0.2) is 5.65 Å². The first kappa shape index (κ1) is 18.7. The Balaban J connectivity index is 1.66. The molecule has 4 rings (SSSR count). The number of aromatic nitrogens is 4. The van der Waals surface area contributed by atoms with Crippen LogP contribution in [0.25, 0.3) is 22.4 Å². The normalized spacial score (nSPS) is 12.2. The summed E-state index contributed by atoms with van der Waals surface area (Å²) in [6, 6.07) is 13.3. The Labute approximate surface area is 167 Å². The van der Waals surface area contributed by atoms with Crippen LogP contribution in [0, 0.1) is 12.7 Å². The summed E-state index contributed by atoms with van der Waals surface area (Å²) in [6.45, 7) is 4.35. The van der Waals surface area contributed by atoms with Crippen molar-refractivity contribution in [2.24, 2.45) is 0 Å². The first-order valence-electron chi connectivity index (χ1n) is 9.18. The van der Waals surface area contributed by atoms with E-state index in [1.807, 2.05) is 30.5 Å². The highest BCUT2D eigenvalue weighted by Crippen LogP contribution is 2.25. The topological polar surface area (TPSA) is 105 Å². The van der Waals surface area contributed by atoms with E-state index in [2.05, 4.69) is 9.97 Å². The molecule has 29 heavy (non-hydrogen) atoms. The lowest BCUT2D eigenvalue weighted by Crippen LogP contribution is -2.20. The molecule has 7 nitrogen and oxygen atoms in total. The van der Waals surface area contributed by atoms with Gasteiger partial charge in [0.05, 0.1) is 12.2 Å². The minimum atomic E-state index is -0.332. The standard InChI is InChI=1S/C21H21FN6O/c1-12(29-16-5-3-4-15(22)10-16)11-28-13(2)25-18-7-6-17(26-21(18)28)14-8-19(23)27-20(24)9-14/h3-10,12H,11H2,1-2H3,(H4,23,24,27)/t12-/m0/s1. The maximum Gasteiger partial charge on any atom is 0.160 e. The predicted molar refractivity (Wildman–Crippen MR) is 111 cm³/mol. The van der Waals surface area contributed by atoms with Crippen molar-refractivity contribution < 1.29 is 9.13 Å². The molecule has 0 saturated heterocycles. The van der Waals surface area contributed by atoms with Crippen molar-refractivity contribution in [2.75, 3.05) is 11.5 Å². The molecule has 0 aliphatic heterocycles. The van der Waals surface area contributed by atoms with E-state index in [4.69, 9.17) is 21.2 Å². The average molecular weight is 392 g/mol. The Bertz CT molecular complexity index is 1170. The lowest BCUT2D eigenvalue weighted by atomic mass is 10.1. The summed E-state index contributed by atoms with van der Waals surface area (Å²) in [7, 11) is 0. The highest BCUT2D eigenvalue weighted by Gasteiger charge is 2.15. The van der Waals surface area contributed by atoms with Crippen molar-refractivity contribution in [2.45, 2.75) is 26.5 Å². The molecule has 0 radical (unpaired) electrons. The third-order valence-corrected chi connectivity index (χ3v) is 4.52. The predicted octanol–water partition coefficient (Wildman–Crippen LogP) is 3.57. The number of nitrogens with zero attached hydrogens (tertiary/aromatic N) is 4. The summed E-state index contributed by atoms with van der Waals surface area (Å²) in [5, 5.41) is 0. The van der Waals surface area contributed by atoms with Gasteiger partial charge < -0.3 is 20.8 Å². The van der Waals surface area contributed by atoms with Gasteiger partial charge in [-0.05, 0) is 50.2 Å². The van der Waals surface area contributed by atoms with Gasteiger partial charge in [-0.2, -0.15) is 0 Å². The minimum absolute atomic E-state index is 0.217. The van der Waals surface area contributed by atoms with Crippen LogP contribution in [0.1, 0.15) is 12.7 Å². The molecule has 4 N–H and O–H groups in total. The molecular weight excluding hydrogens is 371 g/mol. The average Bonchev–Trinajstić information content (AvgIpc) is 2.95. The zero-order valence-corrected chi connectivity index (χ0v) is 16.1. The maximum atomic E-state index is 13.4. The van der Waals surface area contributed by atoms with E-state index in [1.165, 1.54) is 12.1 Å². The first-order valence-corrected chi connectivity index (χ1v) is 9.18. The molecule has 0 amide bonds. The summed E-state index contributed by atoms with van der Waals surface area (Å²) in [5.41, 5.74) is 14.6. The largest absolute Gasteiger partial charge is 0.489 e. The highest BCUT2D eigenvalue weighted by molar-refractivity contribution is 5.77. The molecule has 0 aliphatic rings. The van der Waals surface area contributed by atoms with E-state index in [0.717, 1.165) is 28.2 Å². The number of benzene rings is 1. The van der Waals surface area contributed by atoms with E-state index in [1.54, 1.807) is 24.3 Å². The van der Waals surface area contributed by atoms with Gasteiger partial charge in [0.25, 0.3) is 0 Å². The molecule has 148 valence electrons. The van der Waals surface area contributed by atoms with Crippen molar-refractivity contribution >= 4 is 22.8 Å². The molecule has 0 spiro atoms. The number of anilines is 2. The van der Waals surface area contributed by atoms with Crippen LogP contribution in [0.15, 0.2) is 48.5 Å². The van der Waals surface area contributed by atoms with Gasteiger partial charge in [-0.1, -0.05) is 6.07 Å². The molecular formula is C21H21FN6O. The zero-order chi connectivity index (χ0) is 20.5. The third kappa shape index (κ3) is 3.96. The van der Waals surface area contributed by atoms with Crippen LogP contribution in [-0.4, -0.2) is 25.6 Å². The smallest absolute Gasteiger partial charge is 0.160 e. The van der Waals surface area contributed by atoms with E-state index >= 15 is 0 Å². The monoisotopic (exact) mass is 392 g/mol. The Morgan fingerprint density at radius 2 is 1.79 bits per heavy atom. The number of nitrogens with two attached hydrogens (primary N) is 2. The number of rotatable bonds is 5. The Hall–Kier alpha value is -3.68. The quantitative estimate of drug-likeness (QED) is 0.538. The van der Waals surface area contributed by atoms with Gasteiger partial charge >= 0.3 is 0 Å². The highest BCUT2D eigenvalue weighted by atomic mass is 19.1. The summed E-state index contributed by atoms with van der Waals surface area (Å²) >= 11 is 0. The molecule has 0 saturated carbocycles. The zero-order valence-electron chi connectivity index (χ0n) is 16.1. The van der Waals surface area contributed by atoms with Gasteiger partial charge in [0.2, 0.25) is 0 Å². The summed E-state index contributed by atoms with van der Waals surface area (Å²) in [4.78, 5) is 13.3. The lowest BCUT2D eigenvalue weighted by molar-refractivity contribution is 0.199. The van der Waals surface area contributed by atoms with E-state index < -0.39 is 0 Å². The third-order valence-electron chi connectivity index (χ3n) is 4.52. The second kappa shape index (κ2) is 7.38. The van der Waals surface area contributed by atoms with E-state index in [0.29, 0.717) is 23.9 Å². The molecule has 3 aromatic heterocycles. The van der Waals surface area contributed by atoms with Crippen LogP contribution >= 0.6 is 0 Å². The molecule has 1 aromatic carbocycles. The van der Waals surface area contributed by atoms with Crippen LogP contribution in [0.2, 0.25) is 0 Å². The second-order valence-corrected chi connectivity index (χ2v) is 6.90. The van der Waals surface area contributed by atoms with Crippen LogP contribution < -0.4 is 16.2 Å². The van der Waals surface area contributed by atoms with Crippen molar-refractivity contribution in [1.82, 2.24) is 19.5 Å². The molecule has 0 bridgehead atoms. The number of pyridine rings is 2. The number of nitrogen functional groups attached to an aromatic ring is 2. The molecule has 1 atom stereocenters. The van der Waals surface area contributed by atoms with Gasteiger partial charge in [0, 0.05) is 11.6 Å². The van der Waals surface area contributed by atoms with Gasteiger partial charge in [-0.25, -0.2) is 19.3 Å².